The lowest BCUT2D eigenvalue weighted by Gasteiger charge is -2.30. The number of rotatable bonds is 4. The van der Waals surface area contributed by atoms with Gasteiger partial charge in [-0.15, -0.1) is 0 Å². The molecule has 0 aliphatic carbocycles. The highest BCUT2D eigenvalue weighted by Crippen LogP contribution is 2.16. The van der Waals surface area contributed by atoms with E-state index in [0.717, 1.165) is 17.9 Å². The minimum atomic E-state index is -0.596. The van der Waals surface area contributed by atoms with Gasteiger partial charge in [-0.25, -0.2) is 0 Å². The summed E-state index contributed by atoms with van der Waals surface area (Å²) >= 11 is 0. The minimum absolute atomic E-state index is 0.0353. The zero-order chi connectivity index (χ0) is 15.7. The lowest BCUT2D eigenvalue weighted by atomic mass is 10.1. The second kappa shape index (κ2) is 5.71. The third-order valence-electron chi connectivity index (χ3n) is 4.05. The molecule has 6 nitrogen and oxygen atoms in total. The van der Waals surface area contributed by atoms with E-state index in [2.05, 4.69) is 4.57 Å². The number of hydrogen-bond acceptors (Lipinski definition) is 3. The van der Waals surface area contributed by atoms with Crippen molar-refractivity contribution in [2.75, 3.05) is 26.7 Å². The molecule has 0 radical (unpaired) electrons. The summed E-state index contributed by atoms with van der Waals surface area (Å²) in [4.78, 5) is 38.7. The maximum absolute atomic E-state index is 12.4. The second-order valence-electron chi connectivity index (χ2n) is 5.41. The first-order valence-electron chi connectivity index (χ1n) is 7.11. The van der Waals surface area contributed by atoms with Crippen LogP contribution < -0.4 is 0 Å². The van der Waals surface area contributed by atoms with Crippen molar-refractivity contribution in [2.45, 2.75) is 27.3 Å². The standard InChI is InChI=1S/C15H21N3O3/c1-5-18-10(2)8-12(11(18)3)13(19)9-17-7-6-16(4)14(20)15(17)21/h8H,5-7,9H2,1-4H3. The van der Waals surface area contributed by atoms with Gasteiger partial charge in [0, 0.05) is 43.6 Å². The van der Waals surface area contributed by atoms with Crippen molar-refractivity contribution >= 4 is 17.6 Å². The molecule has 1 aliphatic rings. The molecule has 1 aliphatic heterocycles. The van der Waals surface area contributed by atoms with E-state index in [0.29, 0.717) is 18.7 Å². The molecule has 0 N–H and O–H groups in total. The Hall–Kier alpha value is -2.11. The highest BCUT2D eigenvalue weighted by Gasteiger charge is 2.32. The van der Waals surface area contributed by atoms with E-state index in [1.54, 1.807) is 7.05 Å². The normalized spacial score (nSPS) is 15.8. The number of carbonyl (C=O) groups excluding carboxylic acids is 3. The highest BCUT2D eigenvalue weighted by atomic mass is 16.2. The molecule has 21 heavy (non-hydrogen) atoms. The quantitative estimate of drug-likeness (QED) is 0.603. The number of aromatic nitrogens is 1. The van der Waals surface area contributed by atoms with E-state index in [-0.39, 0.29) is 12.3 Å². The first-order chi connectivity index (χ1) is 9.86. The summed E-state index contributed by atoms with van der Waals surface area (Å²) in [5.41, 5.74) is 2.57. The fourth-order valence-electron chi connectivity index (χ4n) is 2.75. The summed E-state index contributed by atoms with van der Waals surface area (Å²) in [5.74, 6) is -1.26. The summed E-state index contributed by atoms with van der Waals surface area (Å²) in [5, 5.41) is 0. The average Bonchev–Trinajstić information content (AvgIpc) is 2.74. The molecule has 114 valence electrons. The van der Waals surface area contributed by atoms with Gasteiger partial charge in [0.2, 0.25) is 0 Å². The second-order valence-corrected chi connectivity index (χ2v) is 5.41. The predicted molar refractivity (Wildman–Crippen MR) is 78.1 cm³/mol. The van der Waals surface area contributed by atoms with E-state index in [4.69, 9.17) is 0 Å². The van der Waals surface area contributed by atoms with Gasteiger partial charge in [-0.1, -0.05) is 0 Å². The Morgan fingerprint density at radius 3 is 2.43 bits per heavy atom. The zero-order valence-corrected chi connectivity index (χ0v) is 13.0. The van der Waals surface area contributed by atoms with Crippen molar-refractivity contribution in [3.8, 4) is 0 Å². The molecule has 0 bridgehead atoms. The number of piperazine rings is 1. The SMILES string of the molecule is CCn1c(C)cc(C(=O)CN2CCN(C)C(=O)C2=O)c1C. The van der Waals surface area contributed by atoms with E-state index in [1.807, 2.05) is 26.8 Å². The van der Waals surface area contributed by atoms with Gasteiger partial charge in [-0.3, -0.25) is 14.4 Å². The van der Waals surface area contributed by atoms with Gasteiger partial charge >= 0.3 is 11.8 Å². The van der Waals surface area contributed by atoms with E-state index in [9.17, 15) is 14.4 Å². The Balaban J connectivity index is 2.15. The van der Waals surface area contributed by atoms with Crippen molar-refractivity contribution in [2.24, 2.45) is 0 Å². The number of carbonyl (C=O) groups is 3. The number of nitrogens with zero attached hydrogens (tertiary/aromatic N) is 3. The van der Waals surface area contributed by atoms with Crippen LogP contribution in [0.4, 0.5) is 0 Å². The Morgan fingerprint density at radius 1 is 1.19 bits per heavy atom. The summed E-state index contributed by atoms with van der Waals surface area (Å²) in [6, 6.07) is 1.85. The maximum Gasteiger partial charge on any atom is 0.312 e. The topological polar surface area (TPSA) is 62.6 Å². The predicted octanol–water partition coefficient (Wildman–Crippen LogP) is 0.608. The van der Waals surface area contributed by atoms with Crippen LogP contribution in [0.15, 0.2) is 6.07 Å². The highest BCUT2D eigenvalue weighted by molar-refractivity contribution is 6.35. The molecule has 1 aromatic heterocycles. The summed E-state index contributed by atoms with van der Waals surface area (Å²) in [6.45, 7) is 7.52. The van der Waals surface area contributed by atoms with Crippen LogP contribution in [-0.4, -0.2) is 58.6 Å². The van der Waals surface area contributed by atoms with Crippen LogP contribution in [-0.2, 0) is 16.1 Å². The number of amides is 2. The Labute approximate surface area is 124 Å². The third-order valence-corrected chi connectivity index (χ3v) is 4.05. The molecule has 2 amide bonds. The van der Waals surface area contributed by atoms with Gasteiger partial charge in [0.15, 0.2) is 5.78 Å². The smallest absolute Gasteiger partial charge is 0.312 e. The lowest BCUT2D eigenvalue weighted by molar-refractivity contribution is -0.154. The Kier molecular flexibility index (Phi) is 4.16. The van der Waals surface area contributed by atoms with Crippen molar-refractivity contribution in [3.05, 3.63) is 23.0 Å². The van der Waals surface area contributed by atoms with Crippen LogP contribution >= 0.6 is 0 Å². The van der Waals surface area contributed by atoms with E-state index in [1.165, 1.54) is 9.80 Å². The van der Waals surface area contributed by atoms with Crippen molar-refractivity contribution < 1.29 is 14.4 Å². The molecule has 6 heteroatoms. The van der Waals surface area contributed by atoms with Gasteiger partial charge in [-0.2, -0.15) is 0 Å². The number of Topliss-reactive ketones (excluding diaryl/α,β-unsaturated/α-hetero) is 1. The summed E-state index contributed by atoms with van der Waals surface area (Å²) in [6.07, 6.45) is 0. The van der Waals surface area contributed by atoms with Crippen LogP contribution in [0.25, 0.3) is 0 Å². The van der Waals surface area contributed by atoms with Crippen LogP contribution in [0.3, 0.4) is 0 Å². The first kappa shape index (κ1) is 15.3. The maximum atomic E-state index is 12.4. The molecule has 2 rings (SSSR count). The zero-order valence-electron chi connectivity index (χ0n) is 13.0. The molecule has 0 spiro atoms. The Bertz CT molecular complexity index is 604. The molecule has 0 saturated carbocycles. The van der Waals surface area contributed by atoms with Gasteiger partial charge in [0.1, 0.15) is 0 Å². The first-order valence-corrected chi connectivity index (χ1v) is 7.11. The van der Waals surface area contributed by atoms with Crippen LogP contribution in [0.5, 0.6) is 0 Å². The number of likely N-dealkylation sites (N-methyl/N-ethyl adjacent to an activating group) is 1. The minimum Gasteiger partial charge on any atom is -0.349 e. The van der Waals surface area contributed by atoms with Crippen LogP contribution in [0, 0.1) is 13.8 Å². The van der Waals surface area contributed by atoms with Crippen molar-refractivity contribution in [1.29, 1.82) is 0 Å². The summed E-state index contributed by atoms with van der Waals surface area (Å²) < 4.78 is 2.06. The monoisotopic (exact) mass is 291 g/mol. The largest absolute Gasteiger partial charge is 0.349 e. The molecule has 1 saturated heterocycles. The molecule has 1 fully saturated rings. The molecule has 0 aromatic carbocycles. The molecular formula is C15H21N3O3. The van der Waals surface area contributed by atoms with Gasteiger partial charge < -0.3 is 14.4 Å². The molecule has 0 atom stereocenters. The van der Waals surface area contributed by atoms with E-state index >= 15 is 0 Å². The van der Waals surface area contributed by atoms with Crippen LogP contribution in [0.2, 0.25) is 0 Å². The molecular weight excluding hydrogens is 270 g/mol. The molecule has 2 heterocycles. The van der Waals surface area contributed by atoms with E-state index < -0.39 is 11.8 Å². The van der Waals surface area contributed by atoms with Gasteiger partial charge in [-0.05, 0) is 26.8 Å². The third kappa shape index (κ3) is 2.70. The number of ketones is 1. The van der Waals surface area contributed by atoms with Crippen molar-refractivity contribution in [3.63, 3.8) is 0 Å². The fourth-order valence-corrected chi connectivity index (χ4v) is 2.75. The molecule has 0 unspecified atom stereocenters. The average molecular weight is 291 g/mol. The number of hydrogen-bond donors (Lipinski definition) is 0. The lowest BCUT2D eigenvalue weighted by Crippen LogP contribution is -2.54. The van der Waals surface area contributed by atoms with Gasteiger partial charge in [0.25, 0.3) is 0 Å². The van der Waals surface area contributed by atoms with Crippen LogP contribution in [0.1, 0.15) is 28.7 Å². The Morgan fingerprint density at radius 2 is 1.86 bits per heavy atom. The fraction of sp³-hybridized carbons (Fsp3) is 0.533. The summed E-state index contributed by atoms with van der Waals surface area (Å²) in [7, 11) is 1.59. The van der Waals surface area contributed by atoms with Gasteiger partial charge in [0.05, 0.1) is 6.54 Å². The number of aryl methyl sites for hydroxylation is 1. The molecule has 1 aromatic rings. The van der Waals surface area contributed by atoms with Crippen molar-refractivity contribution in [1.82, 2.24) is 14.4 Å².